The van der Waals surface area contributed by atoms with Gasteiger partial charge in [0.15, 0.2) is 11.5 Å². The maximum absolute atomic E-state index is 9.60. The van der Waals surface area contributed by atoms with Crippen molar-refractivity contribution in [1.82, 2.24) is 9.97 Å². The Morgan fingerprint density at radius 1 is 1.12 bits per heavy atom. The van der Waals surface area contributed by atoms with Gasteiger partial charge in [-0.25, -0.2) is 9.97 Å². The average molecular weight is 430 g/mol. The second kappa shape index (κ2) is 8.75. The van der Waals surface area contributed by atoms with Crippen LogP contribution in [-0.2, 0) is 13.0 Å². The van der Waals surface area contributed by atoms with Gasteiger partial charge in [0.25, 0.3) is 0 Å². The molecule has 0 fully saturated rings. The molecule has 0 saturated heterocycles. The molecular formula is C25H27N5O2. The fourth-order valence-corrected chi connectivity index (χ4v) is 4.16. The molecule has 3 aromatic rings. The van der Waals surface area contributed by atoms with E-state index in [0.717, 1.165) is 58.4 Å². The number of nitriles is 1. The summed E-state index contributed by atoms with van der Waals surface area (Å²) in [6, 6.07) is 14.4. The monoisotopic (exact) mass is 429 g/mol. The summed E-state index contributed by atoms with van der Waals surface area (Å²) in [5, 5.41) is 13.2. The van der Waals surface area contributed by atoms with Crippen LogP contribution in [0.3, 0.4) is 0 Å². The Bertz CT molecular complexity index is 1190. The molecule has 0 spiro atoms. The van der Waals surface area contributed by atoms with Crippen LogP contribution < -0.4 is 19.7 Å². The molecule has 0 aliphatic carbocycles. The number of anilines is 2. The molecule has 0 bridgehead atoms. The summed E-state index contributed by atoms with van der Waals surface area (Å²) < 4.78 is 10.9. The zero-order valence-electron chi connectivity index (χ0n) is 17.6. The molecule has 0 unspecified atom stereocenters. The highest BCUT2D eigenvalue weighted by atomic mass is 16.7. The number of nitrogens with one attached hydrogen (secondary N) is 1. The van der Waals surface area contributed by atoms with E-state index in [1.807, 2.05) is 43.3 Å². The molecule has 1 atom stereocenters. The molecule has 5 rings (SSSR count). The third-order valence-corrected chi connectivity index (χ3v) is 5.87. The van der Waals surface area contributed by atoms with Crippen molar-refractivity contribution < 1.29 is 9.47 Å². The number of ether oxygens (including phenoxy) is 2. The summed E-state index contributed by atoms with van der Waals surface area (Å²) in [5.74, 6) is 2.37. The van der Waals surface area contributed by atoms with E-state index in [0.29, 0.717) is 12.1 Å². The van der Waals surface area contributed by atoms with Crippen LogP contribution in [0.25, 0.3) is 0 Å². The van der Waals surface area contributed by atoms with Crippen molar-refractivity contribution in [2.45, 2.75) is 40.3 Å². The summed E-state index contributed by atoms with van der Waals surface area (Å²) in [7, 11) is 0. The molecule has 1 N–H and O–H groups in total. The van der Waals surface area contributed by atoms with Gasteiger partial charge in [0.1, 0.15) is 18.2 Å². The third-order valence-electron chi connectivity index (χ3n) is 5.87. The van der Waals surface area contributed by atoms with Crippen molar-refractivity contribution in [3.05, 3.63) is 70.7 Å². The van der Waals surface area contributed by atoms with E-state index in [2.05, 4.69) is 33.2 Å². The van der Waals surface area contributed by atoms with Crippen molar-refractivity contribution >= 4 is 11.5 Å². The van der Waals surface area contributed by atoms with Gasteiger partial charge in [0, 0.05) is 25.1 Å². The SMILES string of the molecule is C.Cc1ccc(N2CCc3ncnc(N[C@H](C)c4ccc5c(c4)OCO5)c3C2)c(C#N)c1. The van der Waals surface area contributed by atoms with Crippen molar-refractivity contribution in [2.24, 2.45) is 0 Å². The second-order valence-electron chi connectivity index (χ2n) is 7.93. The number of aromatic nitrogens is 2. The summed E-state index contributed by atoms with van der Waals surface area (Å²) >= 11 is 0. The van der Waals surface area contributed by atoms with Crippen LogP contribution in [0.2, 0.25) is 0 Å². The molecule has 2 aromatic carbocycles. The molecule has 0 saturated carbocycles. The Morgan fingerprint density at radius 2 is 1.97 bits per heavy atom. The predicted octanol–water partition coefficient (Wildman–Crippen LogP) is 4.76. The van der Waals surface area contributed by atoms with Gasteiger partial charge in [0.05, 0.1) is 23.0 Å². The zero-order valence-corrected chi connectivity index (χ0v) is 17.6. The lowest BCUT2D eigenvalue weighted by Gasteiger charge is -2.32. The molecular weight excluding hydrogens is 402 g/mol. The van der Waals surface area contributed by atoms with Crippen LogP contribution in [0.5, 0.6) is 11.5 Å². The van der Waals surface area contributed by atoms with Gasteiger partial charge < -0.3 is 19.7 Å². The van der Waals surface area contributed by atoms with Crippen molar-refractivity contribution in [3.8, 4) is 17.6 Å². The fourth-order valence-electron chi connectivity index (χ4n) is 4.16. The minimum Gasteiger partial charge on any atom is -0.454 e. The second-order valence-corrected chi connectivity index (χ2v) is 7.93. The highest BCUT2D eigenvalue weighted by Gasteiger charge is 2.24. The Morgan fingerprint density at radius 3 is 2.81 bits per heavy atom. The Hall–Kier alpha value is -3.79. The predicted molar refractivity (Wildman–Crippen MR) is 124 cm³/mol. The number of fused-ring (bicyclic) bond motifs is 2. The normalized spacial score (nSPS) is 14.7. The minimum absolute atomic E-state index is 0. The first kappa shape index (κ1) is 21.4. The summed E-state index contributed by atoms with van der Waals surface area (Å²) in [4.78, 5) is 11.3. The van der Waals surface area contributed by atoms with E-state index < -0.39 is 0 Å². The molecule has 0 amide bonds. The summed E-state index contributed by atoms with van der Waals surface area (Å²) in [6.07, 6.45) is 2.43. The van der Waals surface area contributed by atoms with Gasteiger partial charge >= 0.3 is 0 Å². The fraction of sp³-hybridized carbons (Fsp3) is 0.320. The summed E-state index contributed by atoms with van der Waals surface area (Å²) in [5.41, 5.74) is 5.96. The highest BCUT2D eigenvalue weighted by Crippen LogP contribution is 2.36. The average Bonchev–Trinajstić information content (AvgIpc) is 3.27. The molecule has 32 heavy (non-hydrogen) atoms. The maximum atomic E-state index is 9.60. The van der Waals surface area contributed by atoms with Crippen molar-refractivity contribution in [3.63, 3.8) is 0 Å². The standard InChI is InChI=1S/C24H23N5O2.CH4/c1-15-3-5-21(18(9-15)11-25)29-8-7-20-19(12-29)24(27-13-26-20)28-16(2)17-4-6-22-23(10-17)31-14-30-22;/h3-6,9-10,13,16H,7-8,12,14H2,1-2H3,(H,26,27,28);1H4/t16-;/m1./s1. The first-order chi connectivity index (χ1) is 15.1. The van der Waals surface area contributed by atoms with Crippen LogP contribution >= 0.6 is 0 Å². The lowest BCUT2D eigenvalue weighted by Crippen LogP contribution is -2.32. The van der Waals surface area contributed by atoms with Crippen LogP contribution in [0.1, 0.15) is 48.3 Å². The Labute approximate surface area is 188 Å². The van der Waals surface area contributed by atoms with Gasteiger partial charge in [-0.3, -0.25) is 0 Å². The number of hydrogen-bond donors (Lipinski definition) is 1. The molecule has 1 aromatic heterocycles. The van der Waals surface area contributed by atoms with Gasteiger partial charge in [-0.2, -0.15) is 5.26 Å². The van der Waals surface area contributed by atoms with Crippen LogP contribution in [0.15, 0.2) is 42.7 Å². The first-order valence-electron chi connectivity index (χ1n) is 10.4. The molecule has 2 aliphatic rings. The molecule has 7 heteroatoms. The zero-order chi connectivity index (χ0) is 21.4. The third kappa shape index (κ3) is 3.92. The molecule has 2 aliphatic heterocycles. The number of hydrogen-bond acceptors (Lipinski definition) is 7. The van der Waals surface area contributed by atoms with E-state index in [9.17, 15) is 5.26 Å². The van der Waals surface area contributed by atoms with Crippen molar-refractivity contribution in [2.75, 3.05) is 23.6 Å². The lowest BCUT2D eigenvalue weighted by atomic mass is 10.0. The van der Waals surface area contributed by atoms with Gasteiger partial charge in [-0.1, -0.05) is 19.6 Å². The van der Waals surface area contributed by atoms with E-state index >= 15 is 0 Å². The van der Waals surface area contributed by atoms with E-state index in [1.165, 1.54) is 0 Å². The first-order valence-corrected chi connectivity index (χ1v) is 10.4. The van der Waals surface area contributed by atoms with E-state index in [-0.39, 0.29) is 20.3 Å². The van der Waals surface area contributed by atoms with Gasteiger partial charge in [-0.15, -0.1) is 0 Å². The van der Waals surface area contributed by atoms with Crippen molar-refractivity contribution in [1.29, 1.82) is 5.26 Å². The maximum Gasteiger partial charge on any atom is 0.231 e. The largest absolute Gasteiger partial charge is 0.454 e. The number of nitrogens with zero attached hydrogens (tertiary/aromatic N) is 4. The summed E-state index contributed by atoms with van der Waals surface area (Å²) in [6.45, 7) is 5.84. The van der Waals surface area contributed by atoms with Crippen LogP contribution in [0, 0.1) is 18.3 Å². The Kier molecular flexibility index (Phi) is 5.87. The number of benzene rings is 2. The lowest BCUT2D eigenvalue weighted by molar-refractivity contribution is 0.174. The smallest absolute Gasteiger partial charge is 0.231 e. The molecule has 164 valence electrons. The topological polar surface area (TPSA) is 83.3 Å². The minimum atomic E-state index is 0. The Balaban J connectivity index is 0.00000245. The quantitative estimate of drug-likeness (QED) is 0.640. The van der Waals surface area contributed by atoms with E-state index in [1.54, 1.807) is 6.33 Å². The van der Waals surface area contributed by atoms with Gasteiger partial charge in [0.2, 0.25) is 6.79 Å². The van der Waals surface area contributed by atoms with Crippen LogP contribution in [0.4, 0.5) is 11.5 Å². The molecule has 0 radical (unpaired) electrons. The highest BCUT2D eigenvalue weighted by molar-refractivity contribution is 5.63. The molecule has 3 heterocycles. The van der Waals surface area contributed by atoms with Gasteiger partial charge in [-0.05, 0) is 49.2 Å². The number of aryl methyl sites for hydroxylation is 1. The molecule has 7 nitrogen and oxygen atoms in total. The number of rotatable bonds is 4. The van der Waals surface area contributed by atoms with Crippen LogP contribution in [-0.4, -0.2) is 23.3 Å². The van der Waals surface area contributed by atoms with E-state index in [4.69, 9.17) is 9.47 Å².